The molecule has 1 aromatic rings. The summed E-state index contributed by atoms with van der Waals surface area (Å²) in [6, 6.07) is 6.44. The first-order chi connectivity index (χ1) is 12.6. The quantitative estimate of drug-likeness (QED) is 0.534. The van der Waals surface area contributed by atoms with Crippen LogP contribution >= 0.6 is 11.8 Å². The molecule has 0 radical (unpaired) electrons. The number of nitrogens with one attached hydrogen (secondary N) is 2. The third kappa shape index (κ3) is 6.36. The fraction of sp³-hybridized carbons (Fsp3) is 0.632. The Kier molecular flexibility index (Phi) is 8.51. The van der Waals surface area contributed by atoms with Crippen molar-refractivity contribution >= 4 is 17.7 Å². The molecule has 2 rings (SSSR count). The van der Waals surface area contributed by atoms with Gasteiger partial charge in [0.15, 0.2) is 17.5 Å². The molecule has 1 aromatic carbocycles. The summed E-state index contributed by atoms with van der Waals surface area (Å²) in [7, 11) is 1.75. The van der Waals surface area contributed by atoms with Gasteiger partial charge in [0.05, 0.1) is 6.54 Å². The van der Waals surface area contributed by atoms with Crippen LogP contribution < -0.4 is 15.4 Å². The van der Waals surface area contributed by atoms with Gasteiger partial charge in [0.2, 0.25) is 0 Å². The van der Waals surface area contributed by atoms with Gasteiger partial charge in [-0.05, 0) is 37.7 Å². The summed E-state index contributed by atoms with van der Waals surface area (Å²) in [4.78, 5) is 4.28. The summed E-state index contributed by atoms with van der Waals surface area (Å²) in [5, 5.41) is 6.69. The minimum absolute atomic E-state index is 0.187. The predicted molar refractivity (Wildman–Crippen MR) is 107 cm³/mol. The van der Waals surface area contributed by atoms with Gasteiger partial charge in [-0.3, -0.25) is 4.99 Å². The maximum Gasteiger partial charge on any atom is 0.191 e. The fourth-order valence-electron chi connectivity index (χ4n) is 2.93. The molecule has 1 aliphatic rings. The molecule has 1 heterocycles. The Morgan fingerprint density at radius 3 is 2.73 bits per heavy atom. The van der Waals surface area contributed by atoms with Crippen molar-refractivity contribution in [3.05, 3.63) is 30.1 Å². The average Bonchev–Trinajstić information content (AvgIpc) is 2.65. The van der Waals surface area contributed by atoms with Crippen LogP contribution in [0.25, 0.3) is 0 Å². The highest BCUT2D eigenvalue weighted by molar-refractivity contribution is 8.00. The molecular formula is C19H30FN3O2S. The molecule has 1 atom stereocenters. The van der Waals surface area contributed by atoms with Crippen LogP contribution in [0.2, 0.25) is 0 Å². The highest BCUT2D eigenvalue weighted by Crippen LogP contribution is 2.34. The Morgan fingerprint density at radius 2 is 2.08 bits per heavy atom. The van der Waals surface area contributed by atoms with Gasteiger partial charge < -0.3 is 20.1 Å². The molecule has 1 saturated heterocycles. The molecular weight excluding hydrogens is 353 g/mol. The average molecular weight is 384 g/mol. The minimum atomic E-state index is -0.347. The number of rotatable bonds is 8. The molecule has 1 fully saturated rings. The number of nitrogens with zero attached hydrogens (tertiary/aromatic N) is 1. The van der Waals surface area contributed by atoms with Crippen molar-refractivity contribution < 1.29 is 13.9 Å². The molecule has 7 heteroatoms. The number of halogens is 1. The molecule has 5 nitrogen and oxygen atoms in total. The zero-order valence-corrected chi connectivity index (χ0v) is 16.7. The summed E-state index contributed by atoms with van der Waals surface area (Å²) < 4.78 is 25.0. The lowest BCUT2D eigenvalue weighted by molar-refractivity contribution is 0.0782. The van der Waals surface area contributed by atoms with E-state index in [9.17, 15) is 4.39 Å². The highest BCUT2D eigenvalue weighted by Gasteiger charge is 2.32. The second kappa shape index (κ2) is 10.6. The first kappa shape index (κ1) is 20.8. The van der Waals surface area contributed by atoms with E-state index in [4.69, 9.17) is 9.47 Å². The van der Waals surface area contributed by atoms with Crippen molar-refractivity contribution in [2.24, 2.45) is 4.99 Å². The van der Waals surface area contributed by atoms with Crippen molar-refractivity contribution in [1.82, 2.24) is 10.6 Å². The summed E-state index contributed by atoms with van der Waals surface area (Å²) in [6.07, 6.45) is 1.90. The van der Waals surface area contributed by atoms with E-state index < -0.39 is 0 Å². The molecule has 2 N–H and O–H groups in total. The zero-order chi connectivity index (χ0) is 18.8. The van der Waals surface area contributed by atoms with E-state index in [1.807, 2.05) is 18.7 Å². The zero-order valence-electron chi connectivity index (χ0n) is 15.9. The van der Waals surface area contributed by atoms with E-state index in [1.165, 1.54) is 6.07 Å². The predicted octanol–water partition coefficient (Wildman–Crippen LogP) is 3.06. The SMILES string of the molecule is CCSC1(CNC(=NC)NCC(C)Oc2ccccc2F)CCOCC1. The van der Waals surface area contributed by atoms with Crippen LogP contribution in [-0.2, 0) is 4.74 Å². The molecule has 1 aliphatic heterocycles. The van der Waals surface area contributed by atoms with Gasteiger partial charge >= 0.3 is 0 Å². The molecule has 0 aromatic heterocycles. The largest absolute Gasteiger partial charge is 0.486 e. The van der Waals surface area contributed by atoms with Crippen molar-refractivity contribution in [3.8, 4) is 5.75 Å². The molecule has 0 bridgehead atoms. The summed E-state index contributed by atoms with van der Waals surface area (Å²) in [5.74, 6) is 1.74. The third-order valence-corrected chi connectivity index (χ3v) is 5.83. The second-order valence-electron chi connectivity index (χ2n) is 6.39. The molecule has 1 unspecified atom stereocenters. The highest BCUT2D eigenvalue weighted by atomic mass is 32.2. The number of hydrogen-bond donors (Lipinski definition) is 2. The maximum absolute atomic E-state index is 13.7. The number of guanidine groups is 1. The van der Waals surface area contributed by atoms with Gasteiger partial charge in [-0.2, -0.15) is 11.8 Å². The second-order valence-corrected chi connectivity index (χ2v) is 8.13. The van der Waals surface area contributed by atoms with Crippen LogP contribution in [0.4, 0.5) is 4.39 Å². The molecule has 0 saturated carbocycles. The van der Waals surface area contributed by atoms with E-state index in [1.54, 1.807) is 25.2 Å². The third-order valence-electron chi connectivity index (χ3n) is 4.38. The monoisotopic (exact) mass is 383 g/mol. The van der Waals surface area contributed by atoms with E-state index in [2.05, 4.69) is 22.5 Å². The van der Waals surface area contributed by atoms with Gasteiger partial charge in [0.25, 0.3) is 0 Å². The topological polar surface area (TPSA) is 54.9 Å². The van der Waals surface area contributed by atoms with Crippen LogP contribution in [0.15, 0.2) is 29.3 Å². The fourth-order valence-corrected chi connectivity index (χ4v) is 4.17. The van der Waals surface area contributed by atoms with E-state index in [0.29, 0.717) is 6.54 Å². The van der Waals surface area contributed by atoms with Crippen molar-refractivity contribution in [2.75, 3.05) is 39.1 Å². The molecule has 0 spiro atoms. The number of ether oxygens (including phenoxy) is 2. The minimum Gasteiger partial charge on any atom is -0.486 e. The normalized spacial score (nSPS) is 18.2. The van der Waals surface area contributed by atoms with Crippen LogP contribution in [-0.4, -0.2) is 55.9 Å². The van der Waals surface area contributed by atoms with E-state index in [-0.39, 0.29) is 22.4 Å². The first-order valence-electron chi connectivity index (χ1n) is 9.16. The number of aliphatic imine (C=N–C) groups is 1. The van der Waals surface area contributed by atoms with Crippen molar-refractivity contribution in [3.63, 3.8) is 0 Å². The Morgan fingerprint density at radius 1 is 1.35 bits per heavy atom. The summed E-state index contributed by atoms with van der Waals surface area (Å²) in [5.41, 5.74) is 0. The Balaban J connectivity index is 1.80. The van der Waals surface area contributed by atoms with Crippen molar-refractivity contribution in [1.29, 1.82) is 0 Å². The molecule has 0 amide bonds. The standard InChI is InChI=1S/C19H30FN3O2S/c1-4-26-19(9-11-24-12-10-19)14-23-18(21-3)22-13-15(2)25-17-8-6-5-7-16(17)20/h5-8,15H,4,9-14H2,1-3H3,(H2,21,22,23). The first-order valence-corrected chi connectivity index (χ1v) is 10.1. The van der Waals surface area contributed by atoms with Crippen LogP contribution in [0.5, 0.6) is 5.75 Å². The van der Waals surface area contributed by atoms with E-state index >= 15 is 0 Å². The van der Waals surface area contributed by atoms with Crippen LogP contribution in [0, 0.1) is 5.82 Å². The van der Waals surface area contributed by atoms with Crippen LogP contribution in [0.1, 0.15) is 26.7 Å². The van der Waals surface area contributed by atoms with E-state index in [0.717, 1.165) is 44.3 Å². The Bertz CT molecular complexity index is 574. The Labute approximate surface area is 160 Å². The number of para-hydroxylation sites is 1. The van der Waals surface area contributed by atoms with Gasteiger partial charge in [0, 0.05) is 31.6 Å². The summed E-state index contributed by atoms with van der Waals surface area (Å²) >= 11 is 1.99. The lowest BCUT2D eigenvalue weighted by atomic mass is 9.99. The molecule has 0 aliphatic carbocycles. The lowest BCUT2D eigenvalue weighted by Gasteiger charge is -2.37. The van der Waals surface area contributed by atoms with Gasteiger partial charge in [-0.15, -0.1) is 0 Å². The smallest absolute Gasteiger partial charge is 0.191 e. The number of thioether (sulfide) groups is 1. The summed E-state index contributed by atoms with van der Waals surface area (Å²) in [6.45, 7) is 7.10. The van der Waals surface area contributed by atoms with Gasteiger partial charge in [0.1, 0.15) is 6.10 Å². The molecule has 26 heavy (non-hydrogen) atoms. The maximum atomic E-state index is 13.7. The van der Waals surface area contributed by atoms with Crippen molar-refractivity contribution in [2.45, 2.75) is 37.5 Å². The number of hydrogen-bond acceptors (Lipinski definition) is 4. The molecule has 146 valence electrons. The Hall–Kier alpha value is -1.47. The van der Waals surface area contributed by atoms with Crippen LogP contribution in [0.3, 0.4) is 0 Å². The van der Waals surface area contributed by atoms with Gasteiger partial charge in [-0.25, -0.2) is 4.39 Å². The number of benzene rings is 1. The van der Waals surface area contributed by atoms with Gasteiger partial charge in [-0.1, -0.05) is 19.1 Å². The lowest BCUT2D eigenvalue weighted by Crippen LogP contribution is -2.49.